The minimum atomic E-state index is -0.157. The van der Waals surface area contributed by atoms with Gasteiger partial charge in [0.05, 0.1) is 5.56 Å². The molecule has 5 nitrogen and oxygen atoms in total. The van der Waals surface area contributed by atoms with E-state index in [9.17, 15) is 4.79 Å². The van der Waals surface area contributed by atoms with Crippen LogP contribution in [-0.4, -0.2) is 16.0 Å². The van der Waals surface area contributed by atoms with Gasteiger partial charge in [0.25, 0.3) is 5.56 Å². The minimum Gasteiger partial charge on any atom is -0.383 e. The van der Waals surface area contributed by atoms with Crippen molar-refractivity contribution in [3.05, 3.63) is 21.7 Å². The maximum absolute atomic E-state index is 11.5. The van der Waals surface area contributed by atoms with Crippen LogP contribution in [0.2, 0.25) is 0 Å². The van der Waals surface area contributed by atoms with Crippen LogP contribution < -0.4 is 17.0 Å². The molecular weight excluding hydrogens is 180 g/mol. The van der Waals surface area contributed by atoms with E-state index in [1.54, 1.807) is 0 Å². The van der Waals surface area contributed by atoms with Crippen LogP contribution >= 0.6 is 0 Å². The van der Waals surface area contributed by atoms with Gasteiger partial charge in [0, 0.05) is 12.5 Å². The molecule has 0 fully saturated rings. The standard InChI is InChI=1S/C9H16N4O/c1-3-6-8(11)12-7(4-5(2)10)13-9(6)14/h5H,3-4,10H2,1-2H3,(H3,11,12,13,14). The normalized spacial score (nSPS) is 12.8. The molecule has 78 valence electrons. The van der Waals surface area contributed by atoms with Gasteiger partial charge >= 0.3 is 0 Å². The maximum atomic E-state index is 11.5. The Hall–Kier alpha value is -1.36. The summed E-state index contributed by atoms with van der Waals surface area (Å²) in [6.07, 6.45) is 1.12. The van der Waals surface area contributed by atoms with Crippen LogP contribution in [0.3, 0.4) is 0 Å². The summed E-state index contributed by atoms with van der Waals surface area (Å²) in [5.74, 6) is 0.867. The van der Waals surface area contributed by atoms with Crippen molar-refractivity contribution in [2.45, 2.75) is 32.7 Å². The fourth-order valence-electron chi connectivity index (χ4n) is 1.31. The third-order valence-electron chi connectivity index (χ3n) is 1.97. The number of aromatic amines is 1. The third-order valence-corrected chi connectivity index (χ3v) is 1.97. The molecule has 1 aromatic rings. The van der Waals surface area contributed by atoms with Crippen molar-refractivity contribution in [2.24, 2.45) is 5.73 Å². The van der Waals surface area contributed by atoms with E-state index in [2.05, 4.69) is 9.97 Å². The Bertz CT molecular complexity index is 370. The van der Waals surface area contributed by atoms with Gasteiger partial charge in [-0.3, -0.25) is 4.79 Å². The molecule has 0 bridgehead atoms. The second kappa shape index (κ2) is 4.23. The summed E-state index contributed by atoms with van der Waals surface area (Å²) in [6.45, 7) is 3.72. The first-order valence-corrected chi connectivity index (χ1v) is 4.67. The lowest BCUT2D eigenvalue weighted by molar-refractivity contribution is 0.697. The van der Waals surface area contributed by atoms with Crippen LogP contribution in [-0.2, 0) is 12.8 Å². The molecule has 0 saturated carbocycles. The average Bonchev–Trinajstić information content (AvgIpc) is 2.01. The summed E-state index contributed by atoms with van der Waals surface area (Å²) in [7, 11) is 0. The highest BCUT2D eigenvalue weighted by Gasteiger charge is 2.07. The zero-order valence-electron chi connectivity index (χ0n) is 8.50. The summed E-state index contributed by atoms with van der Waals surface area (Å²) in [5, 5.41) is 0. The number of nitrogens with one attached hydrogen (secondary N) is 1. The Morgan fingerprint density at radius 2 is 2.21 bits per heavy atom. The zero-order chi connectivity index (χ0) is 10.7. The molecule has 1 rings (SSSR count). The Labute approximate surface area is 82.5 Å². The first-order valence-electron chi connectivity index (χ1n) is 4.67. The van der Waals surface area contributed by atoms with Gasteiger partial charge in [0.1, 0.15) is 11.6 Å². The largest absolute Gasteiger partial charge is 0.383 e. The van der Waals surface area contributed by atoms with Gasteiger partial charge in [0.15, 0.2) is 0 Å². The molecule has 1 aromatic heterocycles. The van der Waals surface area contributed by atoms with Crippen molar-refractivity contribution < 1.29 is 0 Å². The number of aromatic nitrogens is 2. The molecule has 0 radical (unpaired) electrons. The second-order valence-electron chi connectivity index (χ2n) is 3.41. The van der Waals surface area contributed by atoms with E-state index in [0.717, 1.165) is 0 Å². The van der Waals surface area contributed by atoms with Gasteiger partial charge in [-0.2, -0.15) is 0 Å². The molecule has 1 unspecified atom stereocenters. The highest BCUT2D eigenvalue weighted by Crippen LogP contribution is 2.03. The van der Waals surface area contributed by atoms with E-state index in [1.807, 2.05) is 13.8 Å². The molecule has 14 heavy (non-hydrogen) atoms. The summed E-state index contributed by atoms with van der Waals surface area (Å²) in [6, 6.07) is -0.0370. The van der Waals surface area contributed by atoms with Gasteiger partial charge in [-0.25, -0.2) is 4.98 Å². The highest BCUT2D eigenvalue weighted by molar-refractivity contribution is 5.37. The first-order chi connectivity index (χ1) is 6.54. The first kappa shape index (κ1) is 10.7. The van der Waals surface area contributed by atoms with Crippen LogP contribution in [0.15, 0.2) is 4.79 Å². The number of H-pyrrole nitrogens is 1. The molecule has 0 aromatic carbocycles. The number of nitrogen functional groups attached to an aromatic ring is 1. The van der Waals surface area contributed by atoms with Gasteiger partial charge in [-0.05, 0) is 13.3 Å². The fourth-order valence-corrected chi connectivity index (χ4v) is 1.31. The molecule has 1 heterocycles. The molecule has 0 aliphatic heterocycles. The molecule has 5 heteroatoms. The molecule has 1 atom stereocenters. The molecule has 5 N–H and O–H groups in total. The van der Waals surface area contributed by atoms with Gasteiger partial charge in [-0.15, -0.1) is 0 Å². The topological polar surface area (TPSA) is 97.8 Å². The zero-order valence-corrected chi connectivity index (χ0v) is 8.50. The lowest BCUT2D eigenvalue weighted by Crippen LogP contribution is -2.24. The monoisotopic (exact) mass is 196 g/mol. The van der Waals surface area contributed by atoms with E-state index in [0.29, 0.717) is 30.0 Å². The van der Waals surface area contributed by atoms with E-state index >= 15 is 0 Å². The summed E-state index contributed by atoms with van der Waals surface area (Å²) >= 11 is 0. The summed E-state index contributed by atoms with van der Waals surface area (Å²) in [5.41, 5.74) is 11.6. The quantitative estimate of drug-likeness (QED) is 0.623. The van der Waals surface area contributed by atoms with Crippen molar-refractivity contribution >= 4 is 5.82 Å². The Kier molecular flexibility index (Phi) is 3.24. The smallest absolute Gasteiger partial charge is 0.256 e. The van der Waals surface area contributed by atoms with Gasteiger partial charge < -0.3 is 16.5 Å². The van der Waals surface area contributed by atoms with Gasteiger partial charge in [0.2, 0.25) is 0 Å². The lowest BCUT2D eigenvalue weighted by Gasteiger charge is -2.06. The highest BCUT2D eigenvalue weighted by atomic mass is 16.1. The lowest BCUT2D eigenvalue weighted by atomic mass is 10.2. The van der Waals surface area contributed by atoms with E-state index in [4.69, 9.17) is 11.5 Å². The average molecular weight is 196 g/mol. The number of rotatable bonds is 3. The van der Waals surface area contributed by atoms with E-state index in [-0.39, 0.29) is 11.6 Å². The number of anilines is 1. The van der Waals surface area contributed by atoms with Crippen molar-refractivity contribution in [1.82, 2.24) is 9.97 Å². The van der Waals surface area contributed by atoms with Gasteiger partial charge in [-0.1, -0.05) is 6.92 Å². The maximum Gasteiger partial charge on any atom is 0.256 e. The predicted octanol–water partition coefficient (Wildman–Crippen LogP) is -0.196. The number of nitrogens with two attached hydrogens (primary N) is 2. The van der Waals surface area contributed by atoms with Crippen LogP contribution in [0.5, 0.6) is 0 Å². The molecule has 0 aliphatic carbocycles. The predicted molar refractivity (Wildman–Crippen MR) is 56.0 cm³/mol. The SMILES string of the molecule is CCc1c(N)nc(CC(C)N)[nH]c1=O. The third kappa shape index (κ3) is 2.32. The minimum absolute atomic E-state index is 0.0370. The molecule has 0 saturated heterocycles. The Morgan fingerprint density at radius 1 is 1.57 bits per heavy atom. The fraction of sp³-hybridized carbons (Fsp3) is 0.556. The Balaban J connectivity index is 3.08. The van der Waals surface area contributed by atoms with E-state index < -0.39 is 0 Å². The van der Waals surface area contributed by atoms with Crippen molar-refractivity contribution in [3.63, 3.8) is 0 Å². The van der Waals surface area contributed by atoms with Crippen molar-refractivity contribution in [2.75, 3.05) is 5.73 Å². The molecule has 0 spiro atoms. The molecular formula is C9H16N4O. The number of nitrogens with zero attached hydrogens (tertiary/aromatic N) is 1. The van der Waals surface area contributed by atoms with Crippen LogP contribution in [0, 0.1) is 0 Å². The molecule has 0 aliphatic rings. The van der Waals surface area contributed by atoms with Crippen LogP contribution in [0.25, 0.3) is 0 Å². The van der Waals surface area contributed by atoms with Crippen molar-refractivity contribution in [3.8, 4) is 0 Å². The summed E-state index contributed by atoms with van der Waals surface area (Å²) < 4.78 is 0. The van der Waals surface area contributed by atoms with Crippen LogP contribution in [0.4, 0.5) is 5.82 Å². The molecule has 0 amide bonds. The Morgan fingerprint density at radius 3 is 2.64 bits per heavy atom. The number of hydrogen-bond acceptors (Lipinski definition) is 4. The second-order valence-corrected chi connectivity index (χ2v) is 3.41. The van der Waals surface area contributed by atoms with E-state index in [1.165, 1.54) is 0 Å². The van der Waals surface area contributed by atoms with Crippen LogP contribution in [0.1, 0.15) is 25.2 Å². The van der Waals surface area contributed by atoms with Crippen molar-refractivity contribution in [1.29, 1.82) is 0 Å². The summed E-state index contributed by atoms with van der Waals surface area (Å²) in [4.78, 5) is 18.2. The number of hydrogen-bond donors (Lipinski definition) is 3.